The predicted molar refractivity (Wildman–Crippen MR) is 190 cm³/mol. The van der Waals surface area contributed by atoms with E-state index in [-0.39, 0.29) is 59.5 Å². The number of ether oxygens (including phenoxy) is 1. The van der Waals surface area contributed by atoms with Crippen LogP contribution in [0.3, 0.4) is 0 Å². The molecule has 9 N–H and O–H groups in total. The van der Waals surface area contributed by atoms with Crippen molar-refractivity contribution in [3.63, 3.8) is 0 Å². The molecule has 3 fully saturated rings. The second kappa shape index (κ2) is 13.6. The zero-order chi connectivity index (χ0) is 36.0. The zero-order valence-corrected chi connectivity index (χ0v) is 29.1. The SMILES string of the molecule is CCC1c2c(cnn2C2CN(C(O)(O)c3cccc(COC)n3)C2)-c2cccc(NC(/C=C(\N)NC(=O)C3CC3)=C(/N)C(=O)NC3CC3)c2N1C. The molecule has 2 amide bonds. The monoisotopic (exact) mass is 698 g/mol. The van der Waals surface area contributed by atoms with E-state index < -0.39 is 11.8 Å². The standard InChI is InChI=1S/C36H46N10O5/c1-4-28-33-25(16-39-46(33)23-17-45(18-23)36(49,50)29-10-5-7-22(40-29)19-51-3)24-8-6-9-26(32(24)44(28)2)42-27(31(38)35(48)41-21-13-14-21)15-30(37)43-34(47)20-11-12-20/h5-10,15-16,20-21,23,28,42,49-50H,4,11-14,17-19,37-38H2,1-3H3,(H,41,48)(H,43,47)/b30-15+,31-27+. The largest absolute Gasteiger partial charge is 0.393 e. The highest BCUT2D eigenvalue weighted by molar-refractivity contribution is 5.96. The minimum atomic E-state index is -2.25. The number of nitrogens with zero attached hydrogens (tertiary/aromatic N) is 5. The van der Waals surface area contributed by atoms with Crippen molar-refractivity contribution in [2.45, 2.75) is 69.7 Å². The summed E-state index contributed by atoms with van der Waals surface area (Å²) in [5.74, 6) is -2.76. The number of pyridine rings is 1. The van der Waals surface area contributed by atoms with Crippen LogP contribution in [0.25, 0.3) is 11.1 Å². The molecule has 0 spiro atoms. The van der Waals surface area contributed by atoms with Crippen molar-refractivity contribution in [2.24, 2.45) is 17.4 Å². The van der Waals surface area contributed by atoms with Crippen molar-refractivity contribution in [1.82, 2.24) is 30.3 Å². The third kappa shape index (κ3) is 6.77. The number of benzene rings is 1. The molecule has 15 heteroatoms. The van der Waals surface area contributed by atoms with Crippen LogP contribution >= 0.6 is 0 Å². The summed E-state index contributed by atoms with van der Waals surface area (Å²) in [5, 5.41) is 36.1. The van der Waals surface area contributed by atoms with Crippen LogP contribution in [0.4, 0.5) is 11.4 Å². The first kappa shape index (κ1) is 34.5. The van der Waals surface area contributed by atoms with Gasteiger partial charge in [-0.3, -0.25) is 14.3 Å². The summed E-state index contributed by atoms with van der Waals surface area (Å²) < 4.78 is 7.16. The number of nitrogens with two attached hydrogens (primary N) is 2. The first-order valence-corrected chi connectivity index (χ1v) is 17.4. The smallest absolute Gasteiger partial charge is 0.271 e. The molecule has 4 aliphatic rings. The van der Waals surface area contributed by atoms with E-state index in [0.717, 1.165) is 54.6 Å². The Hall–Kier alpha value is -4.96. The Balaban J connectivity index is 1.17. The number of para-hydroxylation sites is 1. The molecular weight excluding hydrogens is 652 g/mol. The van der Waals surface area contributed by atoms with Gasteiger partial charge >= 0.3 is 0 Å². The Bertz CT molecular complexity index is 1890. The lowest BCUT2D eigenvalue weighted by Gasteiger charge is -2.47. The second-order valence-electron chi connectivity index (χ2n) is 13.8. The number of nitrogens with one attached hydrogen (secondary N) is 3. The minimum Gasteiger partial charge on any atom is -0.393 e. The maximum atomic E-state index is 13.1. The number of rotatable bonds is 13. The summed E-state index contributed by atoms with van der Waals surface area (Å²) in [6.45, 7) is 3.08. The quantitative estimate of drug-likeness (QED) is 0.0775. The van der Waals surface area contributed by atoms with Crippen LogP contribution < -0.4 is 32.3 Å². The Kier molecular flexibility index (Phi) is 9.22. The van der Waals surface area contributed by atoms with E-state index in [1.54, 1.807) is 30.2 Å². The minimum absolute atomic E-state index is 0.0406. The van der Waals surface area contributed by atoms with E-state index >= 15 is 0 Å². The number of likely N-dealkylation sites (tertiary alicyclic amines) is 1. The van der Waals surface area contributed by atoms with Crippen LogP contribution in [0.2, 0.25) is 0 Å². The highest BCUT2D eigenvalue weighted by Crippen LogP contribution is 2.50. The molecule has 7 rings (SSSR count). The molecule has 15 nitrogen and oxygen atoms in total. The molecule has 2 aromatic heterocycles. The van der Waals surface area contributed by atoms with Crippen molar-refractivity contribution < 1.29 is 24.5 Å². The molecule has 1 unspecified atom stereocenters. The van der Waals surface area contributed by atoms with Crippen LogP contribution in [0, 0.1) is 5.92 Å². The number of hydrogen-bond acceptors (Lipinski definition) is 12. The van der Waals surface area contributed by atoms with E-state index in [9.17, 15) is 19.8 Å². The van der Waals surface area contributed by atoms with Gasteiger partial charge in [-0.05, 0) is 50.3 Å². The maximum Gasteiger partial charge on any atom is 0.271 e. The summed E-state index contributed by atoms with van der Waals surface area (Å²) in [7, 11) is 3.58. The van der Waals surface area contributed by atoms with Crippen LogP contribution in [0.15, 0.2) is 65.9 Å². The molecule has 0 radical (unpaired) electrons. The van der Waals surface area contributed by atoms with Crippen molar-refractivity contribution >= 4 is 23.2 Å². The van der Waals surface area contributed by atoms with Crippen LogP contribution in [-0.2, 0) is 26.8 Å². The molecule has 2 aliphatic heterocycles. The van der Waals surface area contributed by atoms with Gasteiger partial charge in [0.05, 0.1) is 53.3 Å². The fourth-order valence-electron chi connectivity index (χ4n) is 6.89. The maximum absolute atomic E-state index is 13.1. The van der Waals surface area contributed by atoms with Crippen LogP contribution in [0.5, 0.6) is 0 Å². The fourth-order valence-corrected chi connectivity index (χ4v) is 6.89. The Morgan fingerprint density at radius 2 is 1.82 bits per heavy atom. The van der Waals surface area contributed by atoms with Crippen molar-refractivity contribution in [3.05, 3.63) is 83.0 Å². The van der Waals surface area contributed by atoms with Crippen molar-refractivity contribution in [1.29, 1.82) is 0 Å². The molecule has 1 saturated heterocycles. The van der Waals surface area contributed by atoms with E-state index in [0.29, 0.717) is 24.5 Å². The van der Waals surface area contributed by atoms with E-state index in [4.69, 9.17) is 21.3 Å². The first-order valence-electron chi connectivity index (χ1n) is 17.4. The third-order valence-corrected chi connectivity index (χ3v) is 10.0. The number of anilines is 2. The number of hydrogen-bond donors (Lipinski definition) is 7. The summed E-state index contributed by atoms with van der Waals surface area (Å²) >= 11 is 0. The number of fused-ring (bicyclic) bond motifs is 3. The zero-order valence-electron chi connectivity index (χ0n) is 29.1. The number of allylic oxidation sites excluding steroid dienone is 1. The Morgan fingerprint density at radius 1 is 1.08 bits per heavy atom. The summed E-state index contributed by atoms with van der Waals surface area (Å²) in [4.78, 5) is 33.7. The second-order valence-corrected chi connectivity index (χ2v) is 13.8. The summed E-state index contributed by atoms with van der Waals surface area (Å²) in [6, 6.07) is 10.9. The van der Waals surface area contributed by atoms with Gasteiger partial charge in [0.15, 0.2) is 0 Å². The van der Waals surface area contributed by atoms with Crippen LogP contribution in [0.1, 0.15) is 68.2 Å². The topological polar surface area (TPSA) is 209 Å². The van der Waals surface area contributed by atoms with E-state index in [2.05, 4.69) is 32.8 Å². The van der Waals surface area contributed by atoms with Crippen molar-refractivity contribution in [2.75, 3.05) is 37.5 Å². The number of carbonyl (C=O) groups excluding carboxylic acids is 2. The number of methoxy groups -OCH3 is 1. The number of aliphatic hydroxyl groups is 2. The van der Waals surface area contributed by atoms with Gasteiger partial charge in [0.2, 0.25) is 5.91 Å². The van der Waals surface area contributed by atoms with Gasteiger partial charge in [0.1, 0.15) is 17.2 Å². The summed E-state index contributed by atoms with van der Waals surface area (Å²) in [6.07, 6.45) is 7.58. The molecule has 270 valence electrons. The molecule has 2 saturated carbocycles. The van der Waals surface area contributed by atoms with E-state index in [1.165, 1.54) is 6.08 Å². The van der Waals surface area contributed by atoms with Gasteiger partial charge in [-0.25, -0.2) is 9.88 Å². The van der Waals surface area contributed by atoms with E-state index in [1.807, 2.05) is 36.1 Å². The molecule has 2 aliphatic carbocycles. The molecular formula is C36H46N10O5. The van der Waals surface area contributed by atoms with Gasteiger partial charge in [-0.2, -0.15) is 5.10 Å². The molecule has 1 atom stereocenters. The van der Waals surface area contributed by atoms with Gasteiger partial charge in [-0.15, -0.1) is 0 Å². The molecule has 3 aromatic rings. The van der Waals surface area contributed by atoms with Gasteiger partial charge in [0, 0.05) is 56.4 Å². The highest BCUT2D eigenvalue weighted by atomic mass is 16.5. The van der Waals surface area contributed by atoms with Gasteiger partial charge in [0.25, 0.3) is 11.8 Å². The molecule has 1 aromatic carbocycles. The third-order valence-electron chi connectivity index (χ3n) is 10.0. The number of amides is 2. The number of carbonyl (C=O) groups is 2. The van der Waals surface area contributed by atoms with Crippen LogP contribution in [-0.4, -0.2) is 75.0 Å². The Labute approximate surface area is 296 Å². The van der Waals surface area contributed by atoms with Gasteiger partial charge < -0.3 is 47.3 Å². The number of aromatic nitrogens is 3. The molecule has 51 heavy (non-hydrogen) atoms. The lowest BCUT2D eigenvalue weighted by atomic mass is 9.91. The Morgan fingerprint density at radius 3 is 2.51 bits per heavy atom. The van der Waals surface area contributed by atoms with Crippen molar-refractivity contribution in [3.8, 4) is 11.1 Å². The lowest BCUT2D eigenvalue weighted by molar-refractivity contribution is -0.302. The summed E-state index contributed by atoms with van der Waals surface area (Å²) in [5.41, 5.74) is 18.2. The average Bonchev–Trinajstić information content (AvgIpc) is 4.03. The highest BCUT2D eigenvalue weighted by Gasteiger charge is 2.46. The fraction of sp³-hybridized carbons (Fsp3) is 0.444. The van der Waals surface area contributed by atoms with Gasteiger partial charge in [-0.1, -0.05) is 25.1 Å². The lowest BCUT2D eigenvalue weighted by Crippen LogP contribution is -2.59. The predicted octanol–water partition coefficient (Wildman–Crippen LogP) is 1.83. The average molecular weight is 699 g/mol. The molecule has 4 heterocycles. The molecule has 0 bridgehead atoms. The normalized spacial score (nSPS) is 19.8. The first-order chi connectivity index (χ1) is 24.5.